The minimum absolute atomic E-state index is 0.0664. The van der Waals surface area contributed by atoms with Gasteiger partial charge in [-0.3, -0.25) is 0 Å². The summed E-state index contributed by atoms with van der Waals surface area (Å²) in [6.07, 6.45) is 9.48. The van der Waals surface area contributed by atoms with Crippen molar-refractivity contribution in [3.8, 4) is 0 Å². The third-order valence-corrected chi connectivity index (χ3v) is 11.4. The summed E-state index contributed by atoms with van der Waals surface area (Å²) >= 11 is 0. The number of H-pyrrole nitrogens is 2. The summed E-state index contributed by atoms with van der Waals surface area (Å²) in [5.74, 6) is 0. The molecule has 174 valence electrons. The third kappa shape index (κ3) is 4.78. The van der Waals surface area contributed by atoms with Gasteiger partial charge in [-0.1, -0.05) is 80.5 Å². The Balaban J connectivity index is 2.25. The molecule has 1 unspecified atom stereocenters. The average molecular weight is 469 g/mol. The van der Waals surface area contributed by atoms with Gasteiger partial charge >= 0.3 is 0 Å². The monoisotopic (exact) mass is 468 g/mol. The van der Waals surface area contributed by atoms with E-state index in [1.54, 1.807) is 0 Å². The molecule has 2 aromatic heterocycles. The summed E-state index contributed by atoms with van der Waals surface area (Å²) in [7, 11) is 2.80. The summed E-state index contributed by atoms with van der Waals surface area (Å²) in [6, 6.07) is 11.8. The molecule has 0 spiro atoms. The summed E-state index contributed by atoms with van der Waals surface area (Å²) in [5.41, 5.74) is 4.63. The van der Waals surface area contributed by atoms with Gasteiger partial charge < -0.3 is 9.97 Å². The number of rotatable bonds is 5. The van der Waals surface area contributed by atoms with Crippen LogP contribution in [-0.2, 0) is 16.7 Å². The van der Waals surface area contributed by atoms with Crippen molar-refractivity contribution in [2.24, 2.45) is 10.8 Å². The third-order valence-electron chi connectivity index (χ3n) is 6.88. The molecule has 2 N–H and O–H groups in total. The van der Waals surface area contributed by atoms with Gasteiger partial charge in [-0.25, -0.2) is 0 Å². The highest BCUT2D eigenvalue weighted by Gasteiger charge is 2.49. The highest BCUT2D eigenvalue weighted by molar-refractivity contribution is 7.72. The normalized spacial score (nSPS) is 13.7. The van der Waals surface area contributed by atoms with Crippen LogP contribution in [0.5, 0.6) is 0 Å². The van der Waals surface area contributed by atoms with Crippen molar-refractivity contribution >= 4 is 27.8 Å². The van der Waals surface area contributed by atoms with Crippen LogP contribution < -0.4 is 10.6 Å². The minimum Gasteiger partial charge on any atom is -0.367 e. The van der Waals surface area contributed by atoms with Gasteiger partial charge in [0.2, 0.25) is 0 Å². The molecule has 0 fully saturated rings. The first-order valence-corrected chi connectivity index (χ1v) is 13.7. The van der Waals surface area contributed by atoms with Gasteiger partial charge in [0.25, 0.3) is 0 Å². The summed E-state index contributed by atoms with van der Waals surface area (Å²) in [6.45, 7) is 21.2. The van der Waals surface area contributed by atoms with Crippen LogP contribution in [0.2, 0.25) is 0 Å². The van der Waals surface area contributed by atoms with Crippen LogP contribution in [0, 0.1) is 10.8 Å². The van der Waals surface area contributed by atoms with Gasteiger partial charge in [0.05, 0.1) is 0 Å². The second-order valence-corrected chi connectivity index (χ2v) is 15.2. The molecule has 4 heteroatoms. The molecule has 0 bridgehead atoms. The molecule has 0 amide bonds. The molecule has 3 aromatic rings. The zero-order chi connectivity index (χ0) is 23.9. The smallest absolute Gasteiger partial charge is 0.0196 e. The Bertz CT molecular complexity index is 963. The van der Waals surface area contributed by atoms with Gasteiger partial charge in [-0.05, 0) is 63.6 Å². The molecule has 0 aliphatic heterocycles. The summed E-state index contributed by atoms with van der Waals surface area (Å²) < 4.78 is 0. The Kier molecular flexibility index (Phi) is 6.93. The molecule has 0 aliphatic rings. The molecule has 1 aromatic carbocycles. The van der Waals surface area contributed by atoms with Crippen molar-refractivity contribution in [1.29, 1.82) is 0 Å². The molecular formula is C28H42N2P2. The fourth-order valence-corrected chi connectivity index (χ4v) is 7.49. The SMILES string of the molecule is CC(C)(C)c1ccc(C(P)(C(C)(C)C)C(C)(C)C)c(CP(c2cc[nH]c2)c2cc[nH]c2)c1. The van der Waals surface area contributed by atoms with Crippen molar-refractivity contribution in [2.75, 3.05) is 0 Å². The van der Waals surface area contributed by atoms with E-state index < -0.39 is 7.92 Å². The topological polar surface area (TPSA) is 31.6 Å². The van der Waals surface area contributed by atoms with Crippen LogP contribution in [0.4, 0.5) is 0 Å². The van der Waals surface area contributed by atoms with E-state index in [9.17, 15) is 0 Å². The van der Waals surface area contributed by atoms with Crippen molar-refractivity contribution in [2.45, 2.75) is 79.0 Å². The van der Waals surface area contributed by atoms with Crippen molar-refractivity contribution in [1.82, 2.24) is 9.97 Å². The molecule has 2 nitrogen and oxygen atoms in total. The van der Waals surface area contributed by atoms with Crippen LogP contribution in [0.3, 0.4) is 0 Å². The fraction of sp³-hybridized carbons (Fsp3) is 0.500. The van der Waals surface area contributed by atoms with Crippen LogP contribution in [0.25, 0.3) is 0 Å². The lowest BCUT2D eigenvalue weighted by atomic mass is 9.61. The standard InChI is InChI=1S/C28H42N2P2/c1-25(2,3)21-10-11-24(28(31,26(4,5)6)27(7,8)9)20(16-21)19-32(22-12-14-29-17-22)23-13-15-30-18-23/h10-18,29-30H,19,31H2,1-9H3. The maximum Gasteiger partial charge on any atom is 0.0196 e. The molecule has 32 heavy (non-hydrogen) atoms. The average Bonchev–Trinajstić information content (AvgIpc) is 3.36. The second kappa shape index (κ2) is 8.77. The Morgan fingerprint density at radius 3 is 1.62 bits per heavy atom. The van der Waals surface area contributed by atoms with E-state index >= 15 is 0 Å². The van der Waals surface area contributed by atoms with Crippen molar-refractivity contribution in [3.63, 3.8) is 0 Å². The van der Waals surface area contributed by atoms with E-state index in [1.807, 2.05) is 12.4 Å². The molecular weight excluding hydrogens is 426 g/mol. The highest BCUT2D eigenvalue weighted by Crippen LogP contribution is 2.59. The Labute approximate surface area is 199 Å². The molecule has 1 atom stereocenters. The van der Waals surface area contributed by atoms with Crippen molar-refractivity contribution < 1.29 is 0 Å². The first kappa shape index (κ1) is 25.3. The van der Waals surface area contributed by atoms with Crippen LogP contribution >= 0.6 is 17.2 Å². The highest BCUT2D eigenvalue weighted by atomic mass is 31.1. The van der Waals surface area contributed by atoms with Crippen molar-refractivity contribution in [3.05, 3.63) is 71.8 Å². The number of aromatic amines is 2. The van der Waals surface area contributed by atoms with Crippen LogP contribution in [-0.4, -0.2) is 9.97 Å². The first-order chi connectivity index (χ1) is 14.7. The number of aromatic nitrogens is 2. The number of hydrogen-bond donors (Lipinski definition) is 2. The lowest BCUT2D eigenvalue weighted by Gasteiger charge is -2.52. The summed E-state index contributed by atoms with van der Waals surface area (Å²) in [4.78, 5) is 6.58. The van der Waals surface area contributed by atoms with Gasteiger partial charge in [-0.2, -0.15) is 0 Å². The maximum atomic E-state index is 3.31. The van der Waals surface area contributed by atoms with Gasteiger partial charge in [0, 0.05) is 36.1 Å². The lowest BCUT2D eigenvalue weighted by molar-refractivity contribution is 0.139. The first-order valence-electron chi connectivity index (χ1n) is 11.6. The van der Waals surface area contributed by atoms with Gasteiger partial charge in [-0.15, -0.1) is 9.24 Å². The molecule has 0 radical (unpaired) electrons. The molecule has 0 saturated heterocycles. The largest absolute Gasteiger partial charge is 0.367 e. The lowest BCUT2D eigenvalue weighted by Crippen LogP contribution is -2.46. The maximum absolute atomic E-state index is 3.31. The molecule has 2 heterocycles. The van der Waals surface area contributed by atoms with Crippen LogP contribution in [0.15, 0.2) is 55.1 Å². The Hall–Kier alpha value is -1.36. The second-order valence-electron chi connectivity index (χ2n) is 12.2. The minimum atomic E-state index is -0.508. The van der Waals surface area contributed by atoms with E-state index in [2.05, 4.69) is 124 Å². The quantitative estimate of drug-likeness (QED) is 0.365. The predicted octanol–water partition coefficient (Wildman–Crippen LogP) is 7.44. The number of hydrogen-bond acceptors (Lipinski definition) is 0. The zero-order valence-electron chi connectivity index (χ0n) is 21.4. The molecule has 3 rings (SSSR count). The Morgan fingerprint density at radius 2 is 1.25 bits per heavy atom. The fourth-order valence-electron chi connectivity index (χ4n) is 4.98. The number of benzene rings is 1. The van der Waals surface area contributed by atoms with Gasteiger partial charge in [0.1, 0.15) is 0 Å². The van der Waals surface area contributed by atoms with Crippen LogP contribution in [0.1, 0.15) is 79.0 Å². The predicted molar refractivity (Wildman–Crippen MR) is 147 cm³/mol. The summed E-state index contributed by atoms with van der Waals surface area (Å²) in [5, 5.41) is 2.73. The van der Waals surface area contributed by atoms with E-state index in [0.717, 1.165) is 6.16 Å². The van der Waals surface area contributed by atoms with E-state index in [0.29, 0.717) is 0 Å². The molecule has 0 aliphatic carbocycles. The van der Waals surface area contributed by atoms with E-state index in [-0.39, 0.29) is 21.4 Å². The zero-order valence-corrected chi connectivity index (χ0v) is 23.5. The van der Waals surface area contributed by atoms with Gasteiger partial charge in [0.15, 0.2) is 0 Å². The van der Waals surface area contributed by atoms with E-state index in [1.165, 1.54) is 27.3 Å². The molecule has 0 saturated carbocycles. The Morgan fingerprint density at radius 1 is 0.750 bits per heavy atom. The number of nitrogens with one attached hydrogen (secondary N) is 2. The van der Waals surface area contributed by atoms with E-state index in [4.69, 9.17) is 0 Å².